The van der Waals surface area contributed by atoms with E-state index in [-0.39, 0.29) is 11.4 Å². The van der Waals surface area contributed by atoms with E-state index in [4.69, 9.17) is 9.97 Å². The molecule has 3 rings (SSSR count). The first-order valence-corrected chi connectivity index (χ1v) is 9.02. The molecule has 1 aromatic carbocycles. The Bertz CT molecular complexity index is 900. The Morgan fingerprint density at radius 3 is 2.52 bits per heavy atom. The molecule has 0 aliphatic heterocycles. The molecule has 0 radical (unpaired) electrons. The van der Waals surface area contributed by atoms with E-state index in [0.29, 0.717) is 18.5 Å². The summed E-state index contributed by atoms with van der Waals surface area (Å²) in [5.41, 5.74) is 3.28. The van der Waals surface area contributed by atoms with Crippen LogP contribution in [-0.4, -0.2) is 34.1 Å². The van der Waals surface area contributed by atoms with Crippen molar-refractivity contribution < 1.29 is 14.3 Å². The molecule has 0 saturated carbocycles. The normalized spacial score (nSPS) is 12.9. The van der Waals surface area contributed by atoms with E-state index in [1.807, 2.05) is 13.8 Å². The summed E-state index contributed by atoms with van der Waals surface area (Å²) >= 11 is 0. The summed E-state index contributed by atoms with van der Waals surface area (Å²) in [6.45, 7) is 5.60. The molecule has 0 saturated heterocycles. The number of benzene rings is 1. The van der Waals surface area contributed by atoms with Gasteiger partial charge in [-0.1, -0.05) is 24.3 Å². The van der Waals surface area contributed by atoms with Crippen LogP contribution in [0.15, 0.2) is 42.0 Å². The van der Waals surface area contributed by atoms with Crippen molar-refractivity contribution in [1.29, 1.82) is 0 Å². The summed E-state index contributed by atoms with van der Waals surface area (Å²) in [4.78, 5) is 23.1. The Kier molecular flexibility index (Phi) is 5.64. The van der Waals surface area contributed by atoms with E-state index in [2.05, 4.69) is 4.90 Å². The highest BCUT2D eigenvalue weighted by atomic mass is 19.1. The highest BCUT2D eigenvalue weighted by molar-refractivity contribution is 5.95. The number of nitrogens with zero attached hydrogens (tertiary/aromatic N) is 3. The van der Waals surface area contributed by atoms with Crippen molar-refractivity contribution in [2.24, 2.45) is 0 Å². The van der Waals surface area contributed by atoms with Gasteiger partial charge in [0.05, 0.1) is 22.7 Å². The van der Waals surface area contributed by atoms with Gasteiger partial charge < -0.3 is 10.0 Å². The minimum absolute atomic E-state index is 0.194. The highest BCUT2D eigenvalue weighted by Gasteiger charge is 2.19. The predicted octanol–water partition coefficient (Wildman–Crippen LogP) is 3.63. The summed E-state index contributed by atoms with van der Waals surface area (Å²) in [6.07, 6.45) is 6.00. The number of carbonyl (C=O) groups is 1. The van der Waals surface area contributed by atoms with Crippen LogP contribution in [0.1, 0.15) is 36.5 Å². The Morgan fingerprint density at radius 2 is 1.89 bits per heavy atom. The average Bonchev–Trinajstić information content (AvgIpc) is 2.87. The lowest BCUT2D eigenvalue weighted by molar-refractivity contribution is -0.132. The first-order valence-electron chi connectivity index (χ1n) is 9.02. The largest absolute Gasteiger partial charge is 0.478 e. The Hall–Kier alpha value is -3.02. The van der Waals surface area contributed by atoms with Crippen LogP contribution >= 0.6 is 0 Å². The predicted molar refractivity (Wildman–Crippen MR) is 103 cm³/mol. The summed E-state index contributed by atoms with van der Waals surface area (Å²) < 4.78 is 13.2. The number of aliphatic carboxylic acids is 1. The van der Waals surface area contributed by atoms with Gasteiger partial charge in [0.1, 0.15) is 5.82 Å². The lowest BCUT2D eigenvalue weighted by Gasteiger charge is -2.23. The van der Waals surface area contributed by atoms with Crippen molar-refractivity contribution in [1.82, 2.24) is 9.97 Å². The van der Waals surface area contributed by atoms with Crippen LogP contribution in [0, 0.1) is 5.82 Å². The lowest BCUT2D eigenvalue weighted by atomic mass is 10.1. The highest BCUT2D eigenvalue weighted by Crippen LogP contribution is 2.25. The van der Waals surface area contributed by atoms with E-state index in [0.717, 1.165) is 35.9 Å². The molecule has 1 aliphatic rings. The number of aromatic nitrogens is 2. The van der Waals surface area contributed by atoms with Crippen molar-refractivity contribution in [3.05, 3.63) is 70.5 Å². The van der Waals surface area contributed by atoms with Crippen LogP contribution in [0.25, 0.3) is 6.08 Å². The van der Waals surface area contributed by atoms with Crippen molar-refractivity contribution in [3.63, 3.8) is 0 Å². The number of fused-ring (bicyclic) bond motifs is 1. The number of rotatable bonds is 6. The summed E-state index contributed by atoms with van der Waals surface area (Å²) in [5.74, 6) is -0.515. The fourth-order valence-corrected chi connectivity index (χ4v) is 3.10. The number of halogens is 1. The van der Waals surface area contributed by atoms with Gasteiger partial charge in [-0.25, -0.2) is 14.2 Å². The SMILES string of the molecule is CCN(CC)c1nc2c(nc1Cc1ccc(F)cc1)CC=CC(C(=O)O)=C2. The molecule has 27 heavy (non-hydrogen) atoms. The van der Waals surface area contributed by atoms with Gasteiger partial charge in [0, 0.05) is 25.9 Å². The zero-order chi connectivity index (χ0) is 19.4. The molecule has 140 valence electrons. The van der Waals surface area contributed by atoms with E-state index in [1.165, 1.54) is 12.1 Å². The second kappa shape index (κ2) is 8.12. The topological polar surface area (TPSA) is 66.3 Å². The number of carboxylic acids is 1. The van der Waals surface area contributed by atoms with Gasteiger partial charge in [0.15, 0.2) is 5.82 Å². The third-order valence-corrected chi connectivity index (χ3v) is 4.55. The van der Waals surface area contributed by atoms with E-state index in [1.54, 1.807) is 30.4 Å². The molecule has 6 heteroatoms. The Labute approximate surface area is 157 Å². The molecule has 0 amide bonds. The summed E-state index contributed by atoms with van der Waals surface area (Å²) in [5, 5.41) is 9.32. The molecule has 1 N–H and O–H groups in total. The van der Waals surface area contributed by atoms with Crippen LogP contribution < -0.4 is 4.90 Å². The standard InChI is InChI=1S/C21H22FN3O2/c1-3-25(4-2)20-19(12-14-8-10-16(22)11-9-14)23-17-7-5-6-15(21(26)27)13-18(17)24-20/h5-6,8-11,13H,3-4,7,12H2,1-2H3,(H,26,27). The molecule has 5 nitrogen and oxygen atoms in total. The van der Waals surface area contributed by atoms with Gasteiger partial charge in [0.2, 0.25) is 0 Å². The van der Waals surface area contributed by atoms with Crippen molar-refractivity contribution >= 4 is 17.9 Å². The smallest absolute Gasteiger partial charge is 0.335 e. The van der Waals surface area contributed by atoms with Gasteiger partial charge in [-0.05, 0) is 37.6 Å². The second-order valence-corrected chi connectivity index (χ2v) is 6.31. The maximum Gasteiger partial charge on any atom is 0.335 e. The fraction of sp³-hybridized carbons (Fsp3) is 0.286. The van der Waals surface area contributed by atoms with Crippen LogP contribution in [0.4, 0.5) is 10.2 Å². The second-order valence-electron chi connectivity index (χ2n) is 6.31. The maximum atomic E-state index is 13.2. The van der Waals surface area contributed by atoms with E-state index < -0.39 is 5.97 Å². The summed E-state index contributed by atoms with van der Waals surface area (Å²) in [6, 6.07) is 6.37. The minimum Gasteiger partial charge on any atom is -0.478 e. The molecule has 0 unspecified atom stereocenters. The number of carboxylic acid groups (broad SMARTS) is 1. The van der Waals surface area contributed by atoms with Crippen LogP contribution in [0.5, 0.6) is 0 Å². The molecule has 0 atom stereocenters. The molecule has 1 aromatic heterocycles. The van der Waals surface area contributed by atoms with Gasteiger partial charge in [-0.2, -0.15) is 0 Å². The van der Waals surface area contributed by atoms with Crippen LogP contribution in [0.3, 0.4) is 0 Å². The maximum absolute atomic E-state index is 13.2. The first kappa shape index (κ1) is 18.8. The molecular formula is C21H22FN3O2. The monoisotopic (exact) mass is 367 g/mol. The quantitative estimate of drug-likeness (QED) is 0.844. The lowest BCUT2D eigenvalue weighted by Crippen LogP contribution is -2.26. The third kappa shape index (κ3) is 4.22. The number of hydrogen-bond acceptors (Lipinski definition) is 4. The van der Waals surface area contributed by atoms with Crippen LogP contribution in [0.2, 0.25) is 0 Å². The zero-order valence-electron chi connectivity index (χ0n) is 15.4. The minimum atomic E-state index is -0.985. The van der Waals surface area contributed by atoms with Crippen molar-refractivity contribution in [2.75, 3.05) is 18.0 Å². The third-order valence-electron chi connectivity index (χ3n) is 4.55. The summed E-state index contributed by atoms with van der Waals surface area (Å²) in [7, 11) is 0. The molecule has 2 aromatic rings. The molecule has 1 heterocycles. The Morgan fingerprint density at radius 1 is 1.19 bits per heavy atom. The van der Waals surface area contributed by atoms with E-state index >= 15 is 0 Å². The first-order chi connectivity index (χ1) is 13.0. The molecule has 0 spiro atoms. The van der Waals surface area contributed by atoms with Gasteiger partial charge in [-0.15, -0.1) is 0 Å². The van der Waals surface area contributed by atoms with E-state index in [9.17, 15) is 14.3 Å². The zero-order valence-corrected chi connectivity index (χ0v) is 15.4. The number of allylic oxidation sites excluding steroid dienone is 1. The molecule has 1 aliphatic carbocycles. The van der Waals surface area contributed by atoms with Crippen LogP contribution in [-0.2, 0) is 17.6 Å². The Balaban J connectivity index is 2.09. The van der Waals surface area contributed by atoms with Gasteiger partial charge >= 0.3 is 5.97 Å². The fourth-order valence-electron chi connectivity index (χ4n) is 3.10. The average molecular weight is 367 g/mol. The molecular weight excluding hydrogens is 345 g/mol. The molecule has 0 bridgehead atoms. The number of anilines is 1. The molecule has 0 fully saturated rings. The number of hydrogen-bond donors (Lipinski definition) is 1. The van der Waals surface area contributed by atoms with Gasteiger partial charge in [-0.3, -0.25) is 4.98 Å². The van der Waals surface area contributed by atoms with Crippen molar-refractivity contribution in [2.45, 2.75) is 26.7 Å². The van der Waals surface area contributed by atoms with Gasteiger partial charge in [0.25, 0.3) is 0 Å². The van der Waals surface area contributed by atoms with Crippen molar-refractivity contribution in [3.8, 4) is 0 Å².